The number of nitrogens with one attached hydrogen (secondary N) is 1. The smallest absolute Gasteiger partial charge is 0.417 e. The van der Waals surface area contributed by atoms with Crippen molar-refractivity contribution in [2.75, 3.05) is 10.2 Å². The molecule has 0 radical (unpaired) electrons. The van der Waals surface area contributed by atoms with Crippen LogP contribution in [0.2, 0.25) is 0 Å². The Morgan fingerprint density at radius 2 is 1.79 bits per heavy atom. The zero-order valence-electron chi connectivity index (χ0n) is 15.9. The number of terminal acetylenes is 1. The van der Waals surface area contributed by atoms with Crippen LogP contribution < -0.4 is 10.2 Å². The molecule has 2 heterocycles. The highest BCUT2D eigenvalue weighted by Gasteiger charge is 2.43. The Bertz CT molecular complexity index is 1030. The summed E-state index contributed by atoms with van der Waals surface area (Å²) < 4.78 is 5.57. The molecule has 1 aliphatic heterocycles. The number of carbonyl (C=O) groups excluding carboxylic acids is 1. The number of nitrogens with zero attached hydrogens (tertiary/aromatic N) is 3. The lowest BCUT2D eigenvalue weighted by atomic mass is 10.0. The monoisotopic (exact) mass is 384 g/mol. The molecule has 1 aliphatic rings. The zero-order valence-corrected chi connectivity index (χ0v) is 15.9. The van der Waals surface area contributed by atoms with Gasteiger partial charge < -0.3 is 10.1 Å². The molecule has 6 heteroatoms. The van der Waals surface area contributed by atoms with E-state index in [0.29, 0.717) is 11.8 Å². The summed E-state index contributed by atoms with van der Waals surface area (Å²) in [5.74, 6) is 3.48. The van der Waals surface area contributed by atoms with Crippen molar-refractivity contribution in [3.8, 4) is 12.3 Å². The van der Waals surface area contributed by atoms with Gasteiger partial charge in [-0.3, -0.25) is 0 Å². The van der Waals surface area contributed by atoms with Crippen LogP contribution in [0.4, 0.5) is 16.6 Å². The summed E-state index contributed by atoms with van der Waals surface area (Å²) >= 11 is 0. The van der Waals surface area contributed by atoms with E-state index >= 15 is 0 Å². The normalized spacial score (nSPS) is 19.3. The summed E-state index contributed by atoms with van der Waals surface area (Å²) in [7, 11) is 0. The molecule has 0 spiro atoms. The highest BCUT2D eigenvalue weighted by Crippen LogP contribution is 2.35. The van der Waals surface area contributed by atoms with Crippen LogP contribution in [0.3, 0.4) is 0 Å². The topological polar surface area (TPSA) is 67.3 Å². The van der Waals surface area contributed by atoms with E-state index in [2.05, 4.69) is 21.2 Å². The lowest BCUT2D eigenvalue weighted by molar-refractivity contribution is 0.137. The fraction of sp³-hybridized carbons (Fsp3) is 0.174. The maximum atomic E-state index is 12.6. The number of cyclic esters (lactones) is 1. The standard InChI is InChI=1S/C23H20N4O2/c1-3-19-21(18-12-8-5-9-13-18)29-23(28)27(19)20-14-15-24-22(26-20)25-16(2)17-10-6-4-7-11-17/h1,4-16,19,21H,2H3,(H,24,25,26). The number of carbonyl (C=O) groups is 1. The van der Waals surface area contributed by atoms with Crippen molar-refractivity contribution in [3.63, 3.8) is 0 Å². The van der Waals surface area contributed by atoms with Gasteiger partial charge >= 0.3 is 6.09 Å². The maximum absolute atomic E-state index is 12.6. The van der Waals surface area contributed by atoms with Crippen LogP contribution in [-0.4, -0.2) is 22.1 Å². The summed E-state index contributed by atoms with van der Waals surface area (Å²) in [6, 6.07) is 20.5. The van der Waals surface area contributed by atoms with Crippen LogP contribution in [0.1, 0.15) is 30.2 Å². The van der Waals surface area contributed by atoms with E-state index in [0.717, 1.165) is 11.1 Å². The van der Waals surface area contributed by atoms with Gasteiger partial charge in [0.15, 0.2) is 6.10 Å². The van der Waals surface area contributed by atoms with Gasteiger partial charge in [-0.15, -0.1) is 6.42 Å². The van der Waals surface area contributed by atoms with Crippen LogP contribution in [0.5, 0.6) is 0 Å². The minimum atomic E-state index is -0.598. The Balaban J connectivity index is 1.59. The van der Waals surface area contributed by atoms with Crippen molar-refractivity contribution in [2.45, 2.75) is 25.1 Å². The maximum Gasteiger partial charge on any atom is 0.417 e. The molecule has 3 unspecified atom stereocenters. The molecule has 144 valence electrons. The number of anilines is 2. The van der Waals surface area contributed by atoms with E-state index in [9.17, 15) is 4.79 Å². The minimum Gasteiger partial charge on any atom is -0.438 e. The molecular weight excluding hydrogens is 364 g/mol. The third-order valence-corrected chi connectivity index (χ3v) is 4.82. The fourth-order valence-corrected chi connectivity index (χ4v) is 3.34. The van der Waals surface area contributed by atoms with Gasteiger partial charge in [0, 0.05) is 6.20 Å². The largest absolute Gasteiger partial charge is 0.438 e. The lowest BCUT2D eigenvalue weighted by Gasteiger charge is -2.20. The number of ether oxygens (including phenoxy) is 1. The van der Waals surface area contributed by atoms with Gasteiger partial charge in [0.25, 0.3) is 0 Å². The van der Waals surface area contributed by atoms with Crippen molar-refractivity contribution in [1.82, 2.24) is 9.97 Å². The number of amides is 1. The van der Waals surface area contributed by atoms with Crippen molar-refractivity contribution in [3.05, 3.63) is 84.1 Å². The zero-order chi connectivity index (χ0) is 20.2. The summed E-state index contributed by atoms with van der Waals surface area (Å²) in [6.07, 6.45) is 6.28. The Labute approximate surface area is 169 Å². The first-order valence-electron chi connectivity index (χ1n) is 9.33. The predicted molar refractivity (Wildman–Crippen MR) is 111 cm³/mol. The van der Waals surface area contributed by atoms with E-state index < -0.39 is 18.2 Å². The van der Waals surface area contributed by atoms with Gasteiger partial charge in [-0.05, 0) is 24.1 Å². The predicted octanol–water partition coefficient (Wildman–Crippen LogP) is 4.35. The van der Waals surface area contributed by atoms with Crippen LogP contribution >= 0.6 is 0 Å². The van der Waals surface area contributed by atoms with Crippen molar-refractivity contribution < 1.29 is 9.53 Å². The van der Waals surface area contributed by atoms with Gasteiger partial charge in [-0.2, -0.15) is 4.98 Å². The first-order chi connectivity index (χ1) is 14.2. The highest BCUT2D eigenvalue weighted by atomic mass is 16.6. The molecule has 3 aromatic rings. The van der Waals surface area contributed by atoms with E-state index in [-0.39, 0.29) is 6.04 Å². The number of rotatable bonds is 5. The van der Waals surface area contributed by atoms with Crippen LogP contribution in [0.25, 0.3) is 0 Å². The second kappa shape index (κ2) is 8.03. The number of benzene rings is 2. The first-order valence-corrected chi connectivity index (χ1v) is 9.33. The number of hydrogen-bond acceptors (Lipinski definition) is 5. The highest BCUT2D eigenvalue weighted by molar-refractivity contribution is 5.90. The number of hydrogen-bond donors (Lipinski definition) is 1. The molecule has 4 rings (SSSR count). The van der Waals surface area contributed by atoms with E-state index in [4.69, 9.17) is 11.2 Å². The molecule has 1 aromatic heterocycles. The van der Waals surface area contributed by atoms with Gasteiger partial charge in [0.2, 0.25) is 5.95 Å². The van der Waals surface area contributed by atoms with Gasteiger partial charge in [-0.1, -0.05) is 66.6 Å². The molecule has 0 bridgehead atoms. The summed E-state index contributed by atoms with van der Waals surface area (Å²) in [5.41, 5.74) is 1.95. The van der Waals surface area contributed by atoms with Crippen molar-refractivity contribution in [1.29, 1.82) is 0 Å². The molecule has 2 aromatic carbocycles. The molecule has 1 fully saturated rings. The molecule has 0 saturated carbocycles. The molecule has 0 aliphatic carbocycles. The van der Waals surface area contributed by atoms with E-state index in [1.165, 1.54) is 4.90 Å². The molecule has 6 nitrogen and oxygen atoms in total. The van der Waals surface area contributed by atoms with E-state index in [1.807, 2.05) is 67.6 Å². The second-order valence-electron chi connectivity index (χ2n) is 6.71. The third kappa shape index (κ3) is 3.76. The molecular formula is C23H20N4O2. The van der Waals surface area contributed by atoms with Crippen molar-refractivity contribution in [2.24, 2.45) is 0 Å². The number of aromatic nitrogens is 2. The molecule has 29 heavy (non-hydrogen) atoms. The van der Waals surface area contributed by atoms with Gasteiger partial charge in [0.1, 0.15) is 11.9 Å². The van der Waals surface area contributed by atoms with Crippen molar-refractivity contribution >= 4 is 17.9 Å². The SMILES string of the molecule is C#CC1C(c2ccccc2)OC(=O)N1c1ccnc(NC(C)c2ccccc2)n1. The van der Waals surface area contributed by atoms with Crippen LogP contribution in [-0.2, 0) is 4.74 Å². The Morgan fingerprint density at radius 3 is 2.48 bits per heavy atom. The molecule has 1 saturated heterocycles. The minimum absolute atomic E-state index is 0.00234. The molecule has 3 atom stereocenters. The van der Waals surface area contributed by atoms with Gasteiger partial charge in [0.05, 0.1) is 6.04 Å². The van der Waals surface area contributed by atoms with Crippen LogP contribution in [0, 0.1) is 12.3 Å². The molecule has 1 N–H and O–H groups in total. The molecule has 1 amide bonds. The first kappa shape index (κ1) is 18.5. The average Bonchev–Trinajstić information content (AvgIpc) is 3.11. The summed E-state index contributed by atoms with van der Waals surface area (Å²) in [4.78, 5) is 22.8. The fourth-order valence-electron chi connectivity index (χ4n) is 3.34. The lowest BCUT2D eigenvalue weighted by Crippen LogP contribution is -2.34. The Hall–Kier alpha value is -3.85. The third-order valence-electron chi connectivity index (χ3n) is 4.82. The quantitative estimate of drug-likeness (QED) is 0.663. The Morgan fingerprint density at radius 1 is 1.10 bits per heavy atom. The second-order valence-corrected chi connectivity index (χ2v) is 6.71. The van der Waals surface area contributed by atoms with Gasteiger partial charge in [-0.25, -0.2) is 14.7 Å². The average molecular weight is 384 g/mol. The van der Waals surface area contributed by atoms with E-state index in [1.54, 1.807) is 12.3 Å². The Kier molecular flexibility index (Phi) is 5.12. The summed E-state index contributed by atoms with van der Waals surface area (Å²) in [5, 5.41) is 3.26. The van der Waals surface area contributed by atoms with Crippen LogP contribution in [0.15, 0.2) is 72.9 Å². The summed E-state index contributed by atoms with van der Waals surface area (Å²) in [6.45, 7) is 2.02.